The van der Waals surface area contributed by atoms with Crippen molar-refractivity contribution < 1.29 is 14.3 Å². The van der Waals surface area contributed by atoms with Crippen molar-refractivity contribution in [3.05, 3.63) is 131 Å². The summed E-state index contributed by atoms with van der Waals surface area (Å²) in [4.78, 5) is 12.2. The van der Waals surface area contributed by atoms with Crippen molar-refractivity contribution in [3.63, 3.8) is 0 Å². The van der Waals surface area contributed by atoms with Crippen LogP contribution in [0.15, 0.2) is 103 Å². The zero-order valence-corrected chi connectivity index (χ0v) is 22.4. The fourth-order valence-corrected chi connectivity index (χ4v) is 6.09. The average Bonchev–Trinajstić information content (AvgIpc) is 2.97. The number of carbonyl (C=O) groups excluding carboxylic acids is 1. The van der Waals surface area contributed by atoms with Gasteiger partial charge in [0, 0.05) is 12.3 Å². The summed E-state index contributed by atoms with van der Waals surface area (Å²) in [7, 11) is 0. The molecule has 0 fully saturated rings. The van der Waals surface area contributed by atoms with E-state index in [4.69, 9.17) is 9.47 Å². The van der Waals surface area contributed by atoms with Crippen LogP contribution < -0.4 is 0 Å². The molecule has 0 bridgehead atoms. The maximum atomic E-state index is 12.2. The number of hydrogen-bond acceptors (Lipinski definition) is 3. The summed E-state index contributed by atoms with van der Waals surface area (Å²) in [6, 6.07) is 36.0. The number of hydrogen-bond donors (Lipinski definition) is 0. The molecule has 3 nitrogen and oxygen atoms in total. The van der Waals surface area contributed by atoms with E-state index < -0.39 is 0 Å². The molecule has 1 aliphatic carbocycles. The highest BCUT2D eigenvalue weighted by molar-refractivity contribution is 6.11. The lowest BCUT2D eigenvalue weighted by Crippen LogP contribution is -2.27. The van der Waals surface area contributed by atoms with Gasteiger partial charge >= 0.3 is 0 Å². The third kappa shape index (κ3) is 5.52. The van der Waals surface area contributed by atoms with E-state index in [0.717, 1.165) is 18.4 Å². The number of benzene rings is 5. The summed E-state index contributed by atoms with van der Waals surface area (Å²) in [5.74, 6) is 0.448. The molecule has 0 saturated carbocycles. The molecule has 39 heavy (non-hydrogen) atoms. The predicted molar refractivity (Wildman–Crippen MR) is 158 cm³/mol. The monoisotopic (exact) mass is 514 g/mol. The molecule has 3 heteroatoms. The van der Waals surface area contributed by atoms with Crippen LogP contribution in [0.1, 0.15) is 47.3 Å². The molecule has 0 spiro atoms. The molecule has 5 aromatic carbocycles. The van der Waals surface area contributed by atoms with Gasteiger partial charge in [-0.2, -0.15) is 0 Å². The van der Waals surface area contributed by atoms with E-state index in [0.29, 0.717) is 26.2 Å². The fourth-order valence-electron chi connectivity index (χ4n) is 6.09. The van der Waals surface area contributed by atoms with Crippen LogP contribution in [0.4, 0.5) is 0 Å². The molecule has 0 heterocycles. The van der Waals surface area contributed by atoms with Crippen molar-refractivity contribution in [1.29, 1.82) is 0 Å². The van der Waals surface area contributed by atoms with Crippen molar-refractivity contribution >= 4 is 27.3 Å². The van der Waals surface area contributed by atoms with Crippen LogP contribution in [0.3, 0.4) is 0 Å². The topological polar surface area (TPSA) is 35.5 Å². The van der Waals surface area contributed by atoms with Crippen LogP contribution in [-0.2, 0) is 40.3 Å². The quantitative estimate of drug-likeness (QED) is 0.186. The van der Waals surface area contributed by atoms with E-state index in [1.807, 2.05) is 12.1 Å². The van der Waals surface area contributed by atoms with Gasteiger partial charge in [0.25, 0.3) is 0 Å². The van der Waals surface area contributed by atoms with Gasteiger partial charge in [-0.1, -0.05) is 97.1 Å². The maximum absolute atomic E-state index is 12.2. The van der Waals surface area contributed by atoms with E-state index in [1.54, 1.807) is 6.92 Å². The third-order valence-corrected chi connectivity index (χ3v) is 7.93. The van der Waals surface area contributed by atoms with Gasteiger partial charge in [-0.25, -0.2) is 0 Å². The standard InChI is InChI=1S/C36H34O3/c1-25(37)20-29-21-35-32(31-15-9-8-14-30(29)31)18-19-34-33(35)17-16-28(24-38-22-26-10-4-2-5-11-26)36(34)39-23-27-12-6-3-7-13-27/h2-15,18-19,21,28,36H,16-17,20,22-24H2,1H3. The van der Waals surface area contributed by atoms with Gasteiger partial charge in [-0.05, 0) is 75.2 Å². The second-order valence-electron chi connectivity index (χ2n) is 10.7. The molecule has 2 unspecified atom stereocenters. The predicted octanol–water partition coefficient (Wildman–Crippen LogP) is 8.16. The Hall–Kier alpha value is -3.79. The minimum absolute atomic E-state index is 0.0585. The van der Waals surface area contributed by atoms with Crippen LogP contribution in [0.25, 0.3) is 21.5 Å². The van der Waals surface area contributed by atoms with E-state index >= 15 is 0 Å². The third-order valence-electron chi connectivity index (χ3n) is 7.93. The van der Waals surface area contributed by atoms with Gasteiger partial charge in [-0.15, -0.1) is 0 Å². The molecule has 0 saturated heterocycles. The Labute approximate surface area is 230 Å². The second kappa shape index (κ2) is 11.5. The minimum Gasteiger partial charge on any atom is -0.376 e. The molecule has 1 aliphatic rings. The number of carbonyl (C=O) groups is 1. The van der Waals surface area contributed by atoms with Crippen LogP contribution in [0.2, 0.25) is 0 Å². The molecule has 196 valence electrons. The van der Waals surface area contributed by atoms with Crippen molar-refractivity contribution in [3.8, 4) is 0 Å². The maximum Gasteiger partial charge on any atom is 0.134 e. The molecule has 6 rings (SSSR count). The molecule has 0 aromatic heterocycles. The summed E-state index contributed by atoms with van der Waals surface area (Å²) in [5, 5.41) is 4.88. The Kier molecular flexibility index (Phi) is 7.53. The Bertz CT molecular complexity index is 1590. The highest BCUT2D eigenvalue weighted by Crippen LogP contribution is 2.43. The van der Waals surface area contributed by atoms with Crippen molar-refractivity contribution in [2.45, 2.75) is 45.5 Å². The summed E-state index contributed by atoms with van der Waals surface area (Å²) in [6.07, 6.45) is 2.35. The van der Waals surface area contributed by atoms with Gasteiger partial charge in [0.15, 0.2) is 0 Å². The summed E-state index contributed by atoms with van der Waals surface area (Å²) in [6.45, 7) is 3.49. The molecule has 0 amide bonds. The first-order valence-corrected chi connectivity index (χ1v) is 13.9. The number of aryl methyl sites for hydroxylation is 1. The van der Waals surface area contributed by atoms with E-state index in [9.17, 15) is 4.79 Å². The largest absolute Gasteiger partial charge is 0.376 e. The van der Waals surface area contributed by atoms with Crippen LogP contribution in [0.5, 0.6) is 0 Å². The van der Waals surface area contributed by atoms with Crippen LogP contribution in [0, 0.1) is 5.92 Å². The van der Waals surface area contributed by atoms with Gasteiger partial charge in [0.2, 0.25) is 0 Å². The molecule has 0 aliphatic heterocycles. The second-order valence-corrected chi connectivity index (χ2v) is 10.7. The zero-order chi connectivity index (χ0) is 26.6. The molecule has 2 atom stereocenters. The van der Waals surface area contributed by atoms with E-state index in [1.165, 1.54) is 43.8 Å². The number of Topliss-reactive ketones (excluding diaryl/α,β-unsaturated/α-hetero) is 1. The van der Waals surface area contributed by atoms with Crippen molar-refractivity contribution in [1.82, 2.24) is 0 Å². The molecule has 0 radical (unpaired) electrons. The van der Waals surface area contributed by atoms with Gasteiger partial charge in [-0.3, -0.25) is 4.79 Å². The van der Waals surface area contributed by atoms with E-state index in [-0.39, 0.29) is 17.8 Å². The van der Waals surface area contributed by atoms with Crippen molar-refractivity contribution in [2.24, 2.45) is 5.92 Å². The molecule has 0 N–H and O–H groups in total. The number of ether oxygens (including phenoxy) is 2. The smallest absolute Gasteiger partial charge is 0.134 e. The SMILES string of the molecule is CC(=O)Cc1cc2c3c(ccc2c2ccccc12)C(OCc1ccccc1)C(COCc1ccccc1)CC3. The highest BCUT2D eigenvalue weighted by Gasteiger charge is 2.32. The van der Waals surface area contributed by atoms with Crippen LogP contribution >= 0.6 is 0 Å². The van der Waals surface area contributed by atoms with Crippen molar-refractivity contribution in [2.75, 3.05) is 6.61 Å². The molecular formula is C36H34O3. The lowest BCUT2D eigenvalue weighted by atomic mass is 9.78. The summed E-state index contributed by atoms with van der Waals surface area (Å²) in [5.41, 5.74) is 6.06. The minimum atomic E-state index is -0.0585. The first-order valence-electron chi connectivity index (χ1n) is 13.9. The molecular weight excluding hydrogens is 480 g/mol. The Morgan fingerprint density at radius 3 is 2.10 bits per heavy atom. The lowest BCUT2D eigenvalue weighted by molar-refractivity contribution is -0.116. The van der Waals surface area contributed by atoms with Gasteiger partial charge < -0.3 is 9.47 Å². The summed E-state index contributed by atoms with van der Waals surface area (Å²) >= 11 is 0. The Morgan fingerprint density at radius 2 is 1.38 bits per heavy atom. The first kappa shape index (κ1) is 25.5. The number of ketones is 1. The fraction of sp³-hybridized carbons (Fsp3) is 0.250. The van der Waals surface area contributed by atoms with Gasteiger partial charge in [0.05, 0.1) is 25.9 Å². The first-order chi connectivity index (χ1) is 19.2. The van der Waals surface area contributed by atoms with E-state index in [2.05, 4.69) is 91.0 Å². The Morgan fingerprint density at radius 1 is 0.744 bits per heavy atom. The highest BCUT2D eigenvalue weighted by atomic mass is 16.5. The lowest BCUT2D eigenvalue weighted by Gasteiger charge is -2.34. The average molecular weight is 515 g/mol. The number of fused-ring (bicyclic) bond motifs is 5. The van der Waals surface area contributed by atoms with Crippen LogP contribution in [-0.4, -0.2) is 12.4 Å². The Balaban J connectivity index is 1.37. The summed E-state index contributed by atoms with van der Waals surface area (Å²) < 4.78 is 13.0. The normalized spacial score (nSPS) is 16.8. The number of rotatable bonds is 9. The zero-order valence-electron chi connectivity index (χ0n) is 22.4. The molecule has 5 aromatic rings. The van der Waals surface area contributed by atoms with Gasteiger partial charge in [0.1, 0.15) is 5.78 Å².